The number of allylic oxidation sites excluding steroid dienone is 4. The van der Waals surface area contributed by atoms with Gasteiger partial charge < -0.3 is 47.9 Å². The molecule has 0 radical (unpaired) electrons. The summed E-state index contributed by atoms with van der Waals surface area (Å²) in [5.74, 6) is 3.72. The normalized spacial score (nSPS) is 15.4. The Labute approximate surface area is 545 Å². The fraction of sp³-hybridized carbons (Fsp3) is 0.269. The number of aliphatic hydroxyl groups excluding tert-OH is 1. The van der Waals surface area contributed by atoms with E-state index in [1.165, 1.54) is 22.0 Å². The van der Waals surface area contributed by atoms with Crippen LogP contribution in [-0.4, -0.2) is 91.9 Å². The number of ether oxygens (including phenoxy) is 8. The minimum absolute atomic E-state index is 0.0821. The number of benzene rings is 8. The molecule has 1 fully saturated rings. The van der Waals surface area contributed by atoms with Gasteiger partial charge in [0.15, 0.2) is 5.71 Å². The number of aromatic nitrogens is 2. The Hall–Kier alpha value is -9.77. The van der Waals surface area contributed by atoms with Crippen LogP contribution in [0.4, 0.5) is 11.4 Å². The molecule has 1 aliphatic rings. The standard InChI is InChI=1S/C78H82N4O11/c1-11-80(70-28-14-12-20-53(70)2)56(5)22-16-23-57(6)81(71-29-15-13-21-54(71)3)46-19-47-90-77(58-30-38-64(86-7)39-31-58,59-32-40-65(87-8)41-33-59)62-24-17-26-68(48-62)92-69-27-18-25-63(49-69)78(60-34-42-66(88-9)43-35-60,61-36-44-67(89-10)45-37-61)91-52-73-72(83)50-74(93-73)82-51-55(4)75(84)79-76(82)85/h12-18,20-45,48-49,51,72-74,83H,11,19,46-47,50,52H2,1-10H3/p+1/t72-,73-,74-/m1/s1. The molecule has 1 saturated heterocycles. The summed E-state index contributed by atoms with van der Waals surface area (Å²) < 4.78 is 54.7. The van der Waals surface area contributed by atoms with E-state index in [4.69, 9.17) is 37.9 Å². The van der Waals surface area contributed by atoms with Crippen LogP contribution in [0.2, 0.25) is 0 Å². The van der Waals surface area contributed by atoms with Crippen molar-refractivity contribution in [1.29, 1.82) is 0 Å². The third-order valence-corrected chi connectivity index (χ3v) is 17.3. The van der Waals surface area contributed by atoms with E-state index in [9.17, 15) is 14.7 Å². The quantitative estimate of drug-likeness (QED) is 0.0165. The molecule has 480 valence electrons. The summed E-state index contributed by atoms with van der Waals surface area (Å²) in [7, 11) is 6.54. The summed E-state index contributed by atoms with van der Waals surface area (Å²) in [6, 6.07) is 64.0. The maximum absolute atomic E-state index is 13.1. The van der Waals surface area contributed by atoms with Crippen molar-refractivity contribution in [1.82, 2.24) is 9.55 Å². The molecule has 10 rings (SSSR count). The van der Waals surface area contributed by atoms with Crippen molar-refractivity contribution < 1.29 is 47.6 Å². The molecule has 0 aliphatic carbocycles. The number of aromatic amines is 1. The van der Waals surface area contributed by atoms with Gasteiger partial charge in [-0.3, -0.25) is 14.3 Å². The molecule has 0 amide bonds. The van der Waals surface area contributed by atoms with Crippen LogP contribution in [0, 0.1) is 20.8 Å². The van der Waals surface area contributed by atoms with E-state index in [2.05, 4.69) is 146 Å². The molecule has 9 aromatic rings. The van der Waals surface area contributed by atoms with Gasteiger partial charge in [-0.25, -0.2) is 4.79 Å². The fourth-order valence-electron chi connectivity index (χ4n) is 12.3. The van der Waals surface area contributed by atoms with Crippen molar-refractivity contribution in [3.8, 4) is 34.5 Å². The zero-order valence-corrected chi connectivity index (χ0v) is 54.6. The van der Waals surface area contributed by atoms with Gasteiger partial charge in [-0.2, -0.15) is 4.58 Å². The number of aryl methyl sites for hydroxylation is 3. The first-order valence-electron chi connectivity index (χ1n) is 31.4. The predicted octanol–water partition coefficient (Wildman–Crippen LogP) is 14.4. The van der Waals surface area contributed by atoms with Crippen molar-refractivity contribution in [2.75, 3.05) is 59.6 Å². The van der Waals surface area contributed by atoms with Gasteiger partial charge in [0.25, 0.3) is 5.56 Å². The SMILES string of the molecule is CC\[N+](=C(C)/C=C/C=C(\C)N(CCCOC(c1ccc(OC)cc1)(c1ccc(OC)cc1)c1cccc(Oc2cccc(C(OC[C@H]3O[C@@H](n4cc(C)c(=O)[nH]c4=O)C[C@H]3O)(c3ccc(OC)cc3)c3ccc(OC)cc3)c2)c1)c1ccccc1C)c1ccccc1C. The minimum Gasteiger partial charge on any atom is -0.497 e. The monoisotopic (exact) mass is 1250 g/mol. The number of hydrogen-bond acceptors (Lipinski definition) is 12. The van der Waals surface area contributed by atoms with Gasteiger partial charge in [0.1, 0.15) is 64.6 Å². The highest BCUT2D eigenvalue weighted by atomic mass is 16.6. The average Bonchev–Trinajstić information content (AvgIpc) is 1.02. The Morgan fingerprint density at radius 1 is 0.613 bits per heavy atom. The third-order valence-electron chi connectivity index (χ3n) is 17.3. The lowest BCUT2D eigenvalue weighted by atomic mass is 9.79. The molecule has 0 unspecified atom stereocenters. The van der Waals surface area contributed by atoms with E-state index < -0.39 is 40.9 Å². The number of nitrogens with one attached hydrogen (secondary N) is 1. The highest BCUT2D eigenvalue weighted by Crippen LogP contribution is 2.46. The molecule has 2 N–H and O–H groups in total. The second-order valence-electron chi connectivity index (χ2n) is 23.1. The lowest BCUT2D eigenvalue weighted by molar-refractivity contribution is -0.436. The Morgan fingerprint density at radius 3 is 1.60 bits per heavy atom. The molecular formula is C78H83N4O11+. The minimum atomic E-state index is -1.38. The van der Waals surface area contributed by atoms with E-state index in [1.54, 1.807) is 35.4 Å². The number of methoxy groups -OCH3 is 4. The maximum Gasteiger partial charge on any atom is 0.330 e. The zero-order chi connectivity index (χ0) is 65.7. The van der Waals surface area contributed by atoms with Crippen molar-refractivity contribution in [3.63, 3.8) is 0 Å². The summed E-state index contributed by atoms with van der Waals surface area (Å²) in [6.07, 6.45) is 5.90. The maximum atomic E-state index is 13.1. The van der Waals surface area contributed by atoms with Crippen LogP contribution in [-0.2, 0) is 25.4 Å². The first kappa shape index (κ1) is 66.2. The van der Waals surface area contributed by atoms with Gasteiger partial charge in [-0.05, 0) is 165 Å². The highest BCUT2D eigenvalue weighted by Gasteiger charge is 2.43. The first-order valence-corrected chi connectivity index (χ1v) is 31.4. The van der Waals surface area contributed by atoms with Crippen LogP contribution in [0.1, 0.15) is 89.9 Å². The Kier molecular flexibility index (Phi) is 21.4. The second-order valence-corrected chi connectivity index (χ2v) is 23.1. The van der Waals surface area contributed by atoms with Crippen molar-refractivity contribution >= 4 is 17.1 Å². The van der Waals surface area contributed by atoms with Gasteiger partial charge in [-0.15, -0.1) is 0 Å². The molecule has 15 heteroatoms. The van der Waals surface area contributed by atoms with Crippen molar-refractivity contribution in [2.24, 2.45) is 0 Å². The summed E-state index contributed by atoms with van der Waals surface area (Å²) in [5.41, 5.74) is 8.27. The number of nitrogens with zero attached hydrogens (tertiary/aromatic N) is 3. The molecule has 0 saturated carbocycles. The molecule has 15 nitrogen and oxygen atoms in total. The van der Waals surface area contributed by atoms with Crippen LogP contribution in [0.25, 0.3) is 0 Å². The Bertz CT molecular complexity index is 4120. The van der Waals surface area contributed by atoms with Gasteiger partial charge in [0.05, 0.1) is 47.8 Å². The van der Waals surface area contributed by atoms with Crippen LogP contribution in [0.15, 0.2) is 234 Å². The Balaban J connectivity index is 1.01. The van der Waals surface area contributed by atoms with Crippen LogP contribution in [0.3, 0.4) is 0 Å². The van der Waals surface area contributed by atoms with Crippen LogP contribution < -0.4 is 39.8 Å². The summed E-state index contributed by atoms with van der Waals surface area (Å²) in [4.78, 5) is 30.1. The zero-order valence-electron chi connectivity index (χ0n) is 54.6. The molecule has 0 bridgehead atoms. The van der Waals surface area contributed by atoms with Gasteiger partial charge >= 0.3 is 5.69 Å². The van der Waals surface area contributed by atoms with E-state index >= 15 is 0 Å². The van der Waals surface area contributed by atoms with Gasteiger partial charge in [0.2, 0.25) is 5.69 Å². The van der Waals surface area contributed by atoms with Crippen molar-refractivity contribution in [3.05, 3.63) is 295 Å². The number of H-pyrrole nitrogens is 1. The molecule has 2 heterocycles. The molecule has 8 aromatic carbocycles. The van der Waals surface area contributed by atoms with Crippen LogP contribution >= 0.6 is 0 Å². The number of para-hydroxylation sites is 2. The van der Waals surface area contributed by atoms with Gasteiger partial charge in [-0.1, -0.05) is 115 Å². The lowest BCUT2D eigenvalue weighted by Gasteiger charge is -2.37. The molecule has 93 heavy (non-hydrogen) atoms. The largest absolute Gasteiger partial charge is 0.497 e. The van der Waals surface area contributed by atoms with E-state index in [1.807, 2.05) is 115 Å². The average molecular weight is 1250 g/mol. The van der Waals surface area contributed by atoms with E-state index in [0.29, 0.717) is 65.2 Å². The lowest BCUT2D eigenvalue weighted by Crippen LogP contribution is -2.38. The predicted molar refractivity (Wildman–Crippen MR) is 366 cm³/mol. The molecule has 0 spiro atoms. The van der Waals surface area contributed by atoms with E-state index in [-0.39, 0.29) is 13.0 Å². The molecule has 3 atom stereocenters. The first-order chi connectivity index (χ1) is 45.1. The topological polar surface area (TPSA) is 155 Å². The summed E-state index contributed by atoms with van der Waals surface area (Å²) in [5, 5.41) is 11.6. The van der Waals surface area contributed by atoms with Gasteiger partial charge in [0, 0.05) is 60.7 Å². The summed E-state index contributed by atoms with van der Waals surface area (Å²) in [6.45, 7) is 14.1. The second kappa shape index (κ2) is 30.1. The smallest absolute Gasteiger partial charge is 0.330 e. The number of aliphatic hydroxyl groups is 1. The molecule has 1 aliphatic heterocycles. The van der Waals surface area contributed by atoms with Crippen molar-refractivity contribution in [2.45, 2.75) is 84.0 Å². The number of anilines is 1. The number of hydrogen-bond donors (Lipinski definition) is 2. The van der Waals surface area contributed by atoms with Crippen LogP contribution in [0.5, 0.6) is 34.5 Å². The number of rotatable bonds is 27. The fourth-order valence-corrected chi connectivity index (χ4v) is 12.3. The van der Waals surface area contributed by atoms with E-state index in [0.717, 1.165) is 57.0 Å². The highest BCUT2D eigenvalue weighted by molar-refractivity contribution is 5.89. The molecule has 1 aromatic heterocycles. The third kappa shape index (κ3) is 14.6. The molecular weight excluding hydrogens is 1170 g/mol. The Morgan fingerprint density at radius 2 is 1.11 bits per heavy atom. The summed E-state index contributed by atoms with van der Waals surface area (Å²) >= 11 is 0.